The quantitative estimate of drug-likeness (QED) is 0.323. The zero-order valence-electron chi connectivity index (χ0n) is 25.3. The smallest absolute Gasteiger partial charge is 0.251 e. The standard InChI is InChI=1S/C32H39N7O3/c1-17-8-9-22-19(12-17)13-20(28(41)38-22)14-21(15-33)37-29(42)26-32(23(16-35-26)31(32,6)7)27(40)25(30(3,4)5)39-24-10-11-34-18(2)36-24/h8-13,21,23,25-26,35H,14,16H2,1-7H3,(H,37,42)(H,38,41)(H,34,36,39). The Morgan fingerprint density at radius 1 is 1.19 bits per heavy atom. The molecule has 1 saturated heterocycles. The summed E-state index contributed by atoms with van der Waals surface area (Å²) in [5, 5.41) is 20.3. The molecular formula is C32H39N7O3. The number of carbonyl (C=O) groups is 2. The number of pyridine rings is 1. The van der Waals surface area contributed by atoms with Crippen LogP contribution in [0.1, 0.15) is 51.6 Å². The molecule has 10 heteroatoms. The van der Waals surface area contributed by atoms with Crippen LogP contribution < -0.4 is 21.5 Å². The first-order valence-electron chi connectivity index (χ1n) is 14.4. The summed E-state index contributed by atoms with van der Waals surface area (Å²) in [7, 11) is 0. The predicted molar refractivity (Wildman–Crippen MR) is 161 cm³/mol. The molecular weight excluding hydrogens is 530 g/mol. The maximum atomic E-state index is 14.6. The third-order valence-electron chi connectivity index (χ3n) is 9.22. The van der Waals surface area contributed by atoms with Gasteiger partial charge >= 0.3 is 0 Å². The lowest BCUT2D eigenvalue weighted by Gasteiger charge is -2.36. The highest BCUT2D eigenvalue weighted by atomic mass is 16.2. The molecule has 1 aliphatic carbocycles. The second-order valence-corrected chi connectivity index (χ2v) is 13.4. The third-order valence-corrected chi connectivity index (χ3v) is 9.22. The van der Waals surface area contributed by atoms with Gasteiger partial charge in [-0.15, -0.1) is 0 Å². The van der Waals surface area contributed by atoms with E-state index in [1.54, 1.807) is 25.3 Å². The monoisotopic (exact) mass is 569 g/mol. The Morgan fingerprint density at radius 3 is 2.57 bits per heavy atom. The molecule has 0 bridgehead atoms. The van der Waals surface area contributed by atoms with Crippen LogP contribution in [0.5, 0.6) is 0 Å². The minimum absolute atomic E-state index is 0.0425. The number of nitrogens with one attached hydrogen (secondary N) is 4. The summed E-state index contributed by atoms with van der Waals surface area (Å²) in [4.78, 5) is 52.7. The van der Waals surface area contributed by atoms with Crippen molar-refractivity contribution >= 4 is 28.4 Å². The number of hydrogen-bond donors (Lipinski definition) is 4. The van der Waals surface area contributed by atoms with Crippen molar-refractivity contribution in [3.8, 4) is 6.07 Å². The van der Waals surface area contributed by atoms with E-state index in [2.05, 4.69) is 37.0 Å². The molecule has 5 unspecified atom stereocenters. The van der Waals surface area contributed by atoms with Crippen LogP contribution >= 0.6 is 0 Å². The van der Waals surface area contributed by atoms with Gasteiger partial charge < -0.3 is 20.9 Å². The molecule has 220 valence electrons. The highest BCUT2D eigenvalue weighted by Crippen LogP contribution is 2.74. The molecule has 1 aromatic carbocycles. The van der Waals surface area contributed by atoms with Crippen molar-refractivity contribution in [3.63, 3.8) is 0 Å². The number of anilines is 1. The van der Waals surface area contributed by atoms with Gasteiger partial charge in [-0.25, -0.2) is 9.97 Å². The summed E-state index contributed by atoms with van der Waals surface area (Å²) in [5.74, 6) is 0.627. The van der Waals surface area contributed by atoms with Crippen molar-refractivity contribution in [2.45, 2.75) is 73.0 Å². The Balaban J connectivity index is 1.41. The average Bonchev–Trinajstić information content (AvgIpc) is 3.19. The van der Waals surface area contributed by atoms with Crippen molar-refractivity contribution in [2.75, 3.05) is 11.9 Å². The lowest BCUT2D eigenvalue weighted by Crippen LogP contribution is -2.57. The highest BCUT2D eigenvalue weighted by Gasteiger charge is 2.82. The Kier molecular flexibility index (Phi) is 7.22. The molecule has 1 amide bonds. The highest BCUT2D eigenvalue weighted by molar-refractivity contribution is 6.03. The number of ketones is 1. The van der Waals surface area contributed by atoms with E-state index in [4.69, 9.17) is 0 Å². The van der Waals surface area contributed by atoms with E-state index in [9.17, 15) is 19.6 Å². The van der Waals surface area contributed by atoms with Gasteiger partial charge in [0, 0.05) is 30.2 Å². The van der Waals surface area contributed by atoms with Crippen molar-refractivity contribution < 1.29 is 9.59 Å². The van der Waals surface area contributed by atoms with Crippen LogP contribution in [0.3, 0.4) is 0 Å². The second-order valence-electron chi connectivity index (χ2n) is 13.4. The number of amides is 1. The SMILES string of the molecule is Cc1ccc2[nH]c(=O)c(CC(C#N)NC(=O)C3NCC4C(C)(C)C34C(=O)C(Nc3ccnc(C)n3)C(C)(C)C)cc2c1. The molecule has 1 aliphatic heterocycles. The number of nitrogens with zero attached hydrogens (tertiary/aromatic N) is 3. The van der Waals surface area contributed by atoms with E-state index < -0.39 is 40.3 Å². The summed E-state index contributed by atoms with van der Waals surface area (Å²) < 4.78 is 0. The molecule has 5 rings (SSSR count). The zero-order chi connectivity index (χ0) is 30.6. The van der Waals surface area contributed by atoms with Gasteiger partial charge in [-0.3, -0.25) is 14.4 Å². The lowest BCUT2D eigenvalue weighted by atomic mass is 9.73. The number of Topliss-reactive ketones (excluding diaryl/α,β-unsaturated/α-hetero) is 1. The Morgan fingerprint density at radius 2 is 1.93 bits per heavy atom. The molecule has 0 radical (unpaired) electrons. The maximum absolute atomic E-state index is 14.6. The van der Waals surface area contributed by atoms with Gasteiger partial charge in [-0.05, 0) is 60.2 Å². The van der Waals surface area contributed by atoms with Gasteiger partial charge in [0.2, 0.25) is 5.91 Å². The number of carbonyl (C=O) groups excluding carboxylic acids is 2. The van der Waals surface area contributed by atoms with Crippen LogP contribution in [0.4, 0.5) is 5.82 Å². The van der Waals surface area contributed by atoms with Crippen LogP contribution in [-0.2, 0) is 16.0 Å². The normalized spacial score (nSPS) is 23.9. The van der Waals surface area contributed by atoms with Crippen LogP contribution in [0.25, 0.3) is 10.9 Å². The van der Waals surface area contributed by atoms with Crippen molar-refractivity contribution in [3.05, 3.63) is 63.8 Å². The molecule has 4 N–H and O–H groups in total. The zero-order valence-corrected chi connectivity index (χ0v) is 25.3. The number of rotatable bonds is 8. The number of hydrogen-bond acceptors (Lipinski definition) is 8. The number of piperidine rings is 1. The maximum Gasteiger partial charge on any atom is 0.251 e. The Labute approximate surface area is 245 Å². The van der Waals surface area contributed by atoms with Crippen LogP contribution in [0.15, 0.2) is 41.3 Å². The third kappa shape index (κ3) is 4.86. The van der Waals surface area contributed by atoms with Gasteiger partial charge in [0.25, 0.3) is 5.56 Å². The van der Waals surface area contributed by atoms with E-state index in [1.165, 1.54) is 0 Å². The van der Waals surface area contributed by atoms with Gasteiger partial charge in [-0.2, -0.15) is 5.26 Å². The van der Waals surface area contributed by atoms with Gasteiger partial charge in [0.15, 0.2) is 5.78 Å². The number of nitriles is 1. The van der Waals surface area contributed by atoms with Gasteiger partial charge in [0.05, 0.1) is 17.5 Å². The first-order chi connectivity index (χ1) is 19.7. The first-order valence-corrected chi connectivity index (χ1v) is 14.4. The summed E-state index contributed by atoms with van der Waals surface area (Å²) in [6.45, 7) is 14.3. The second kappa shape index (κ2) is 10.3. The molecule has 2 fully saturated rings. The van der Waals surface area contributed by atoms with Crippen molar-refractivity contribution in [2.24, 2.45) is 22.2 Å². The number of aromatic amines is 1. The van der Waals surface area contributed by atoms with Crippen molar-refractivity contribution in [1.29, 1.82) is 5.26 Å². The summed E-state index contributed by atoms with van der Waals surface area (Å²) in [6, 6.07) is 8.98. The molecule has 2 aromatic heterocycles. The molecule has 10 nitrogen and oxygen atoms in total. The molecule has 3 heterocycles. The molecule has 3 aromatic rings. The fourth-order valence-corrected chi connectivity index (χ4v) is 6.95. The summed E-state index contributed by atoms with van der Waals surface area (Å²) in [5.41, 5.74) is -0.0130. The number of benzene rings is 1. The van der Waals surface area contributed by atoms with E-state index in [1.807, 2.05) is 59.7 Å². The Bertz CT molecular complexity index is 1670. The molecule has 1 saturated carbocycles. The van der Waals surface area contributed by atoms with E-state index in [0.29, 0.717) is 29.3 Å². The number of aromatic nitrogens is 3. The Hall–Kier alpha value is -4.10. The lowest BCUT2D eigenvalue weighted by molar-refractivity contribution is -0.135. The van der Waals surface area contributed by atoms with Gasteiger partial charge in [0.1, 0.15) is 23.7 Å². The van der Waals surface area contributed by atoms with E-state index in [-0.39, 0.29) is 23.7 Å². The van der Waals surface area contributed by atoms with E-state index in [0.717, 1.165) is 10.9 Å². The number of H-pyrrole nitrogens is 1. The molecule has 42 heavy (non-hydrogen) atoms. The van der Waals surface area contributed by atoms with Gasteiger partial charge in [-0.1, -0.05) is 46.2 Å². The van der Waals surface area contributed by atoms with Crippen LogP contribution in [0.2, 0.25) is 0 Å². The molecule has 2 aliphatic rings. The minimum atomic E-state index is -0.970. The molecule has 5 atom stereocenters. The van der Waals surface area contributed by atoms with Crippen LogP contribution in [-0.4, -0.2) is 51.3 Å². The minimum Gasteiger partial charge on any atom is -0.360 e. The van der Waals surface area contributed by atoms with Crippen LogP contribution in [0, 0.1) is 47.3 Å². The van der Waals surface area contributed by atoms with E-state index >= 15 is 0 Å². The summed E-state index contributed by atoms with van der Waals surface area (Å²) in [6.07, 6.45) is 1.69. The fraction of sp³-hybridized carbons (Fsp3) is 0.500. The molecule has 0 spiro atoms. The largest absolute Gasteiger partial charge is 0.360 e. The number of aryl methyl sites for hydroxylation is 2. The fourth-order valence-electron chi connectivity index (χ4n) is 6.95. The topological polar surface area (TPSA) is 153 Å². The van der Waals surface area contributed by atoms with Crippen molar-refractivity contribution in [1.82, 2.24) is 25.6 Å². The number of fused-ring (bicyclic) bond motifs is 2. The summed E-state index contributed by atoms with van der Waals surface area (Å²) >= 11 is 0. The first kappa shape index (κ1) is 29.4. The average molecular weight is 570 g/mol. The predicted octanol–water partition coefficient (Wildman–Crippen LogP) is 3.20.